The number of nitrogens with zero attached hydrogens (tertiary/aromatic N) is 4. The molecular formula is C65H36N4O2. The molecule has 0 spiro atoms. The van der Waals surface area contributed by atoms with Gasteiger partial charge in [-0.1, -0.05) is 158 Å². The van der Waals surface area contributed by atoms with Crippen LogP contribution in [0.4, 0.5) is 0 Å². The third-order valence-corrected chi connectivity index (χ3v) is 14.8. The number of furan rings is 2. The summed E-state index contributed by atoms with van der Waals surface area (Å²) in [5.41, 5.74) is 8.87. The molecule has 0 unspecified atom stereocenters. The molecule has 16 rings (SSSR count). The highest BCUT2D eigenvalue weighted by Gasteiger charge is 2.24. The summed E-state index contributed by atoms with van der Waals surface area (Å²) in [6.07, 6.45) is 0. The van der Waals surface area contributed by atoms with Crippen molar-refractivity contribution in [2.75, 3.05) is 0 Å². The van der Waals surface area contributed by atoms with Gasteiger partial charge in [-0.2, -0.15) is 0 Å². The van der Waals surface area contributed by atoms with E-state index in [1.54, 1.807) is 0 Å². The van der Waals surface area contributed by atoms with Crippen molar-refractivity contribution in [2.24, 2.45) is 0 Å². The molecule has 0 saturated carbocycles. The average Bonchev–Trinajstić information content (AvgIpc) is 4.12. The molecule has 0 N–H and O–H groups in total. The van der Waals surface area contributed by atoms with E-state index < -0.39 is 0 Å². The molecule has 16 aromatic rings. The van der Waals surface area contributed by atoms with Gasteiger partial charge in [0.25, 0.3) is 0 Å². The molecular weight excluding hydrogens is 869 g/mol. The fourth-order valence-corrected chi connectivity index (χ4v) is 11.6. The fourth-order valence-electron chi connectivity index (χ4n) is 11.6. The minimum atomic E-state index is 0.501. The van der Waals surface area contributed by atoms with Crippen molar-refractivity contribution in [1.29, 1.82) is 0 Å². The molecule has 4 aromatic heterocycles. The summed E-state index contributed by atoms with van der Waals surface area (Å²) in [6.45, 7) is 0. The van der Waals surface area contributed by atoms with Gasteiger partial charge in [-0.25, -0.2) is 15.0 Å². The highest BCUT2D eigenvalue weighted by Crippen LogP contribution is 2.45. The summed E-state index contributed by atoms with van der Waals surface area (Å²) in [6, 6.07) is 77.5. The summed E-state index contributed by atoms with van der Waals surface area (Å²) >= 11 is 0. The van der Waals surface area contributed by atoms with E-state index in [4.69, 9.17) is 23.8 Å². The van der Waals surface area contributed by atoms with Crippen LogP contribution in [0.5, 0.6) is 0 Å². The minimum Gasteiger partial charge on any atom is -0.455 e. The molecule has 12 aromatic carbocycles. The maximum Gasteiger partial charge on any atom is 0.167 e. The van der Waals surface area contributed by atoms with Gasteiger partial charge in [0.2, 0.25) is 0 Å². The summed E-state index contributed by atoms with van der Waals surface area (Å²) in [4.78, 5) is 16.3. The van der Waals surface area contributed by atoms with Crippen LogP contribution < -0.4 is 0 Å². The maximum absolute atomic E-state index is 6.95. The van der Waals surface area contributed by atoms with Gasteiger partial charge in [-0.3, -0.25) is 0 Å². The second-order valence-electron chi connectivity index (χ2n) is 18.6. The molecule has 0 saturated heterocycles. The van der Waals surface area contributed by atoms with E-state index in [-0.39, 0.29) is 0 Å². The van der Waals surface area contributed by atoms with Crippen LogP contribution in [0.25, 0.3) is 159 Å². The van der Waals surface area contributed by atoms with Crippen molar-refractivity contribution >= 4 is 120 Å². The lowest BCUT2D eigenvalue weighted by Crippen LogP contribution is -2.01. The Hall–Kier alpha value is -9.65. The highest BCUT2D eigenvalue weighted by atomic mass is 16.3. The molecule has 0 radical (unpaired) electrons. The van der Waals surface area contributed by atoms with E-state index in [0.717, 1.165) is 104 Å². The molecule has 6 nitrogen and oxygen atoms in total. The Bertz CT molecular complexity index is 4960. The second kappa shape index (κ2) is 14.4. The SMILES string of the molecule is c1ccc2cc3c(cc2c1)c1c2ccccc2ccc1n3-c1ccc2c(c1)cc(-c1nc(-c3cc4ccccc4c4ccccc34)nc(-c3cccc4c3oc3ccccc34)n1)c1oc3ccccc3c12. The standard InChI is InChI=1S/C65H36N4O2/c1-2-16-39-36-56-53(33-38(39)15-1)59-44-19-6-3-14-37(44)28-31-55(59)69(56)42-29-30-45-41(32-42)35-54(62-60(45)50-23-10-12-27-58(50)71-62)65-67-63(51-25-13-24-49-48-22-9-11-26-57(48)70-61(49)51)66-64(68-65)52-34-40-17-4-5-18-43(40)46-20-7-8-21-47(46)52/h1-36H. The Morgan fingerprint density at radius 2 is 0.859 bits per heavy atom. The van der Waals surface area contributed by atoms with Gasteiger partial charge in [0, 0.05) is 43.6 Å². The van der Waals surface area contributed by atoms with Gasteiger partial charge >= 0.3 is 0 Å². The summed E-state index contributed by atoms with van der Waals surface area (Å²) < 4.78 is 16.0. The van der Waals surface area contributed by atoms with E-state index in [1.807, 2.05) is 36.4 Å². The van der Waals surface area contributed by atoms with Crippen LogP contribution >= 0.6 is 0 Å². The van der Waals surface area contributed by atoms with Crippen molar-refractivity contribution in [3.63, 3.8) is 0 Å². The largest absolute Gasteiger partial charge is 0.455 e. The molecule has 0 bridgehead atoms. The first-order valence-corrected chi connectivity index (χ1v) is 24.0. The number of fused-ring (bicyclic) bond motifs is 17. The van der Waals surface area contributed by atoms with Crippen LogP contribution in [0.2, 0.25) is 0 Å². The van der Waals surface area contributed by atoms with Gasteiger partial charge < -0.3 is 13.4 Å². The Morgan fingerprint density at radius 1 is 0.282 bits per heavy atom. The lowest BCUT2D eigenvalue weighted by atomic mass is 9.96. The Balaban J connectivity index is 1.01. The van der Waals surface area contributed by atoms with Crippen LogP contribution in [-0.4, -0.2) is 19.5 Å². The molecule has 6 heteroatoms. The maximum atomic E-state index is 6.95. The zero-order valence-electron chi connectivity index (χ0n) is 37.9. The second-order valence-corrected chi connectivity index (χ2v) is 18.6. The van der Waals surface area contributed by atoms with E-state index in [9.17, 15) is 0 Å². The molecule has 0 aliphatic carbocycles. The summed E-state index contributed by atoms with van der Waals surface area (Å²) in [5, 5.41) is 18.0. The monoisotopic (exact) mass is 904 g/mol. The predicted molar refractivity (Wildman–Crippen MR) is 293 cm³/mol. The zero-order valence-corrected chi connectivity index (χ0v) is 37.9. The first-order chi connectivity index (χ1) is 35.2. The molecule has 0 atom stereocenters. The normalized spacial score (nSPS) is 12.2. The number of para-hydroxylation sites is 3. The molecule has 0 amide bonds. The number of rotatable bonds is 4. The first kappa shape index (κ1) is 38.3. The van der Waals surface area contributed by atoms with Gasteiger partial charge in [-0.05, 0) is 115 Å². The number of aromatic nitrogens is 4. The van der Waals surface area contributed by atoms with Crippen molar-refractivity contribution in [1.82, 2.24) is 19.5 Å². The highest BCUT2D eigenvalue weighted by molar-refractivity contribution is 6.25. The summed E-state index contributed by atoms with van der Waals surface area (Å²) in [5.74, 6) is 1.57. The Labute approximate surface area is 404 Å². The molecule has 0 fully saturated rings. The van der Waals surface area contributed by atoms with Crippen LogP contribution in [0.15, 0.2) is 227 Å². The third kappa shape index (κ3) is 5.55. The average molecular weight is 905 g/mol. The zero-order chi connectivity index (χ0) is 46.3. The van der Waals surface area contributed by atoms with Gasteiger partial charge in [0.1, 0.15) is 22.3 Å². The topological polar surface area (TPSA) is 69.9 Å². The van der Waals surface area contributed by atoms with Crippen molar-refractivity contribution in [3.05, 3.63) is 218 Å². The summed E-state index contributed by atoms with van der Waals surface area (Å²) in [7, 11) is 0. The number of hydrogen-bond acceptors (Lipinski definition) is 5. The van der Waals surface area contributed by atoms with Gasteiger partial charge in [0.05, 0.1) is 22.2 Å². The van der Waals surface area contributed by atoms with E-state index in [0.29, 0.717) is 17.5 Å². The van der Waals surface area contributed by atoms with Gasteiger partial charge in [0.15, 0.2) is 17.5 Å². The van der Waals surface area contributed by atoms with E-state index in [1.165, 1.54) is 37.7 Å². The predicted octanol–water partition coefficient (Wildman–Crippen LogP) is 17.5. The van der Waals surface area contributed by atoms with Crippen LogP contribution in [0.3, 0.4) is 0 Å². The van der Waals surface area contributed by atoms with E-state index in [2.05, 4.69) is 187 Å². The first-order valence-electron chi connectivity index (χ1n) is 24.0. The number of benzene rings is 12. The fraction of sp³-hybridized carbons (Fsp3) is 0. The van der Waals surface area contributed by atoms with Crippen molar-refractivity contribution in [2.45, 2.75) is 0 Å². The Kier molecular flexibility index (Phi) is 7.79. The van der Waals surface area contributed by atoms with Gasteiger partial charge in [-0.15, -0.1) is 0 Å². The molecule has 4 heterocycles. The van der Waals surface area contributed by atoms with Crippen molar-refractivity contribution < 1.29 is 8.83 Å². The molecule has 71 heavy (non-hydrogen) atoms. The molecule has 0 aliphatic rings. The lowest BCUT2D eigenvalue weighted by Gasteiger charge is -2.14. The van der Waals surface area contributed by atoms with Crippen LogP contribution in [0, 0.1) is 0 Å². The minimum absolute atomic E-state index is 0.501. The van der Waals surface area contributed by atoms with Crippen LogP contribution in [-0.2, 0) is 0 Å². The smallest absolute Gasteiger partial charge is 0.167 e. The number of hydrogen-bond donors (Lipinski definition) is 0. The molecule has 0 aliphatic heterocycles. The molecule has 328 valence electrons. The van der Waals surface area contributed by atoms with Crippen LogP contribution in [0.1, 0.15) is 0 Å². The quantitative estimate of drug-likeness (QED) is 0.165. The lowest BCUT2D eigenvalue weighted by molar-refractivity contribution is 0.669. The third-order valence-electron chi connectivity index (χ3n) is 14.8. The van der Waals surface area contributed by atoms with Crippen molar-refractivity contribution in [3.8, 4) is 39.9 Å². The Morgan fingerprint density at radius 3 is 1.68 bits per heavy atom. The van der Waals surface area contributed by atoms with E-state index >= 15 is 0 Å².